The second-order valence-electron chi connectivity index (χ2n) is 7.81. The minimum atomic E-state index is 0.0256. The smallest absolute Gasteiger partial charge is 0.261 e. The van der Waals surface area contributed by atoms with Gasteiger partial charge in [-0.2, -0.15) is 0 Å². The summed E-state index contributed by atoms with van der Waals surface area (Å²) in [6.07, 6.45) is 9.87. The Balaban J connectivity index is 1.45. The van der Waals surface area contributed by atoms with Gasteiger partial charge in [0.1, 0.15) is 5.75 Å². The molecule has 0 bridgehead atoms. The van der Waals surface area contributed by atoms with E-state index in [0.29, 0.717) is 5.92 Å². The van der Waals surface area contributed by atoms with E-state index >= 15 is 0 Å². The van der Waals surface area contributed by atoms with Gasteiger partial charge in [-0.25, -0.2) is 0 Å². The van der Waals surface area contributed by atoms with Gasteiger partial charge in [0.05, 0.1) is 11.7 Å². The highest BCUT2D eigenvalue weighted by atomic mass is 35.5. The molecule has 2 aromatic rings. The number of benzene rings is 1. The third kappa shape index (κ3) is 4.33. The number of hydrogen-bond donors (Lipinski definition) is 0. The molecule has 4 nitrogen and oxygen atoms in total. The van der Waals surface area contributed by atoms with Crippen molar-refractivity contribution in [3.8, 4) is 5.75 Å². The molecule has 1 aliphatic heterocycles. The summed E-state index contributed by atoms with van der Waals surface area (Å²) in [6.45, 7) is 0.824. The van der Waals surface area contributed by atoms with Gasteiger partial charge in [-0.3, -0.25) is 9.78 Å². The maximum atomic E-state index is 12.9. The number of hydrogen-bond acceptors (Lipinski definition) is 3. The van der Waals surface area contributed by atoms with Gasteiger partial charge >= 0.3 is 0 Å². The molecule has 28 heavy (non-hydrogen) atoms. The number of likely N-dealkylation sites (tertiary alicyclic amines) is 1. The summed E-state index contributed by atoms with van der Waals surface area (Å²) in [4.78, 5) is 19.3. The van der Waals surface area contributed by atoms with E-state index in [1.54, 1.807) is 6.20 Å². The zero-order valence-electron chi connectivity index (χ0n) is 16.1. The van der Waals surface area contributed by atoms with Crippen molar-refractivity contribution < 1.29 is 9.53 Å². The lowest BCUT2D eigenvalue weighted by Gasteiger charge is -2.26. The predicted octanol–water partition coefficient (Wildman–Crippen LogP) is 5.53. The van der Waals surface area contributed by atoms with Crippen molar-refractivity contribution in [2.45, 2.75) is 56.9 Å². The Morgan fingerprint density at radius 1 is 1.11 bits per heavy atom. The van der Waals surface area contributed by atoms with E-state index in [4.69, 9.17) is 16.3 Å². The molecule has 1 atom stereocenters. The van der Waals surface area contributed by atoms with Crippen LogP contribution >= 0.6 is 11.6 Å². The van der Waals surface area contributed by atoms with Crippen molar-refractivity contribution in [2.24, 2.45) is 0 Å². The molecular weight excluding hydrogens is 372 g/mol. The topological polar surface area (TPSA) is 42.4 Å². The molecule has 1 amide bonds. The van der Waals surface area contributed by atoms with Crippen LogP contribution in [0.5, 0.6) is 5.75 Å². The fraction of sp³-hybridized carbons (Fsp3) is 0.478. The normalized spacial score (nSPS) is 20.3. The number of aromatic nitrogens is 1. The number of nitrogens with zero attached hydrogens (tertiary/aromatic N) is 2. The molecular formula is C23H27ClN2O2. The number of halogens is 1. The van der Waals surface area contributed by atoms with Crippen molar-refractivity contribution in [3.05, 3.63) is 58.9 Å². The van der Waals surface area contributed by atoms with E-state index in [-0.39, 0.29) is 18.6 Å². The Labute approximate surface area is 171 Å². The second-order valence-corrected chi connectivity index (χ2v) is 8.24. The Morgan fingerprint density at radius 3 is 2.75 bits per heavy atom. The van der Waals surface area contributed by atoms with Crippen LogP contribution in [0.2, 0.25) is 5.02 Å². The summed E-state index contributed by atoms with van der Waals surface area (Å²) in [7, 11) is 0. The van der Waals surface area contributed by atoms with Crippen LogP contribution in [-0.2, 0) is 4.79 Å². The lowest BCUT2D eigenvalue weighted by atomic mass is 9.84. The number of carbonyl (C=O) groups excluding carboxylic acids is 1. The first kappa shape index (κ1) is 19.3. The van der Waals surface area contributed by atoms with E-state index in [2.05, 4.69) is 4.98 Å². The summed E-state index contributed by atoms with van der Waals surface area (Å²) in [5, 5.41) is 0.731. The van der Waals surface area contributed by atoms with Gasteiger partial charge in [-0.05, 0) is 67.5 Å². The molecule has 1 unspecified atom stereocenters. The zero-order valence-corrected chi connectivity index (χ0v) is 16.9. The summed E-state index contributed by atoms with van der Waals surface area (Å²) in [5.41, 5.74) is 2.12. The van der Waals surface area contributed by atoms with Gasteiger partial charge in [0, 0.05) is 17.8 Å². The van der Waals surface area contributed by atoms with Crippen molar-refractivity contribution in [1.29, 1.82) is 0 Å². The molecule has 2 fully saturated rings. The molecule has 2 aliphatic rings. The van der Waals surface area contributed by atoms with Gasteiger partial charge in [0.25, 0.3) is 5.91 Å². The molecule has 1 aliphatic carbocycles. The lowest BCUT2D eigenvalue weighted by molar-refractivity contribution is -0.134. The minimum absolute atomic E-state index is 0.0256. The SMILES string of the molecule is O=C(COc1ccc(Cl)cc1C1CCCCC1)N1CCCC1c1ccccn1. The molecule has 1 aromatic heterocycles. The lowest BCUT2D eigenvalue weighted by Crippen LogP contribution is -2.34. The van der Waals surface area contributed by atoms with Crippen LogP contribution in [0.3, 0.4) is 0 Å². The van der Waals surface area contributed by atoms with Crippen molar-refractivity contribution in [3.63, 3.8) is 0 Å². The molecule has 4 rings (SSSR count). The van der Waals surface area contributed by atoms with Gasteiger partial charge < -0.3 is 9.64 Å². The number of ether oxygens (including phenoxy) is 1. The number of pyridine rings is 1. The van der Waals surface area contributed by atoms with Crippen LogP contribution in [0.4, 0.5) is 0 Å². The maximum Gasteiger partial charge on any atom is 0.261 e. The van der Waals surface area contributed by atoms with Crippen LogP contribution in [-0.4, -0.2) is 28.9 Å². The Bertz CT molecular complexity index is 806. The quantitative estimate of drug-likeness (QED) is 0.665. The summed E-state index contributed by atoms with van der Waals surface area (Å²) < 4.78 is 6.03. The van der Waals surface area contributed by atoms with Gasteiger partial charge in [-0.15, -0.1) is 0 Å². The second kappa shape index (κ2) is 8.95. The maximum absolute atomic E-state index is 12.9. The molecule has 5 heteroatoms. The molecule has 0 radical (unpaired) electrons. The first-order valence-electron chi connectivity index (χ1n) is 10.3. The van der Waals surface area contributed by atoms with Crippen LogP contribution in [0.1, 0.15) is 68.2 Å². The fourth-order valence-corrected chi connectivity index (χ4v) is 4.73. The highest BCUT2D eigenvalue weighted by Gasteiger charge is 2.31. The van der Waals surface area contributed by atoms with Crippen molar-refractivity contribution in [2.75, 3.05) is 13.2 Å². The Kier molecular flexibility index (Phi) is 6.16. The molecule has 0 spiro atoms. The standard InChI is InChI=1S/C23H27ClN2O2/c24-18-11-12-22(19(15-18)17-7-2-1-3-8-17)28-16-23(27)26-14-6-10-21(26)20-9-4-5-13-25-20/h4-5,9,11-13,15,17,21H,1-3,6-8,10,14,16H2. The molecule has 148 valence electrons. The van der Waals surface area contributed by atoms with E-state index in [1.165, 1.54) is 32.1 Å². The van der Waals surface area contributed by atoms with E-state index in [9.17, 15) is 4.79 Å². The highest BCUT2D eigenvalue weighted by Crippen LogP contribution is 2.39. The predicted molar refractivity (Wildman–Crippen MR) is 111 cm³/mol. The Hall–Kier alpha value is -2.07. The average molecular weight is 399 g/mol. The molecule has 1 aromatic carbocycles. The minimum Gasteiger partial charge on any atom is -0.483 e. The first-order chi connectivity index (χ1) is 13.7. The van der Waals surface area contributed by atoms with E-state index in [0.717, 1.165) is 41.4 Å². The number of carbonyl (C=O) groups is 1. The Morgan fingerprint density at radius 2 is 1.96 bits per heavy atom. The van der Waals surface area contributed by atoms with Crippen LogP contribution < -0.4 is 4.74 Å². The summed E-state index contributed by atoms with van der Waals surface area (Å²) in [5.74, 6) is 1.31. The molecule has 1 saturated heterocycles. The fourth-order valence-electron chi connectivity index (χ4n) is 4.55. The number of amides is 1. The third-order valence-corrected chi connectivity index (χ3v) is 6.21. The van der Waals surface area contributed by atoms with Crippen LogP contribution in [0.15, 0.2) is 42.6 Å². The van der Waals surface area contributed by atoms with Gasteiger partial charge in [0.15, 0.2) is 6.61 Å². The third-order valence-electron chi connectivity index (χ3n) is 5.97. The van der Waals surface area contributed by atoms with E-state index in [1.807, 2.05) is 41.3 Å². The van der Waals surface area contributed by atoms with Crippen molar-refractivity contribution in [1.82, 2.24) is 9.88 Å². The first-order valence-corrected chi connectivity index (χ1v) is 10.7. The largest absolute Gasteiger partial charge is 0.483 e. The molecule has 2 heterocycles. The zero-order chi connectivity index (χ0) is 19.3. The summed E-state index contributed by atoms with van der Waals surface area (Å²) in [6, 6.07) is 11.7. The van der Waals surface area contributed by atoms with Gasteiger partial charge in [0.2, 0.25) is 0 Å². The van der Waals surface area contributed by atoms with E-state index < -0.39 is 0 Å². The number of rotatable bonds is 5. The van der Waals surface area contributed by atoms with Crippen LogP contribution in [0.25, 0.3) is 0 Å². The van der Waals surface area contributed by atoms with Gasteiger partial charge in [-0.1, -0.05) is 36.9 Å². The molecule has 1 saturated carbocycles. The molecule has 0 N–H and O–H groups in total. The van der Waals surface area contributed by atoms with Crippen molar-refractivity contribution >= 4 is 17.5 Å². The van der Waals surface area contributed by atoms with Crippen LogP contribution in [0, 0.1) is 0 Å². The highest BCUT2D eigenvalue weighted by molar-refractivity contribution is 6.30. The monoisotopic (exact) mass is 398 g/mol. The summed E-state index contributed by atoms with van der Waals surface area (Å²) >= 11 is 6.25. The average Bonchev–Trinajstić information content (AvgIpc) is 3.24.